The van der Waals surface area contributed by atoms with Gasteiger partial charge in [0, 0.05) is 37.8 Å². The average molecular weight is 311 g/mol. The van der Waals surface area contributed by atoms with Crippen molar-refractivity contribution in [2.24, 2.45) is 0 Å². The number of hydrogen-bond donors (Lipinski definition) is 2. The zero-order valence-electron chi connectivity index (χ0n) is 12.8. The Morgan fingerprint density at radius 1 is 1.52 bits per heavy atom. The first-order valence-electron chi connectivity index (χ1n) is 7.58. The molecule has 0 atom stereocenters. The third-order valence-electron chi connectivity index (χ3n) is 3.88. The second-order valence-electron chi connectivity index (χ2n) is 6.00. The summed E-state index contributed by atoms with van der Waals surface area (Å²) in [5.74, 6) is 3.29. The SMILES string of the molecule is CC(C)c1nccn1CCC(=O)NCC1(O)CCSCC1. The van der Waals surface area contributed by atoms with E-state index in [1.807, 2.05) is 22.5 Å². The molecule has 0 aliphatic carbocycles. The van der Waals surface area contributed by atoms with Crippen LogP contribution in [0.25, 0.3) is 0 Å². The van der Waals surface area contributed by atoms with Crippen LogP contribution >= 0.6 is 11.8 Å². The molecule has 2 rings (SSSR count). The van der Waals surface area contributed by atoms with Crippen LogP contribution in [0.15, 0.2) is 12.4 Å². The van der Waals surface area contributed by atoms with E-state index in [1.54, 1.807) is 6.20 Å². The highest BCUT2D eigenvalue weighted by molar-refractivity contribution is 7.99. The predicted molar refractivity (Wildman–Crippen MR) is 85.5 cm³/mol. The molecule has 1 aliphatic heterocycles. The summed E-state index contributed by atoms with van der Waals surface area (Å²) in [5, 5.41) is 13.2. The number of nitrogens with one attached hydrogen (secondary N) is 1. The maximum absolute atomic E-state index is 11.9. The zero-order valence-corrected chi connectivity index (χ0v) is 13.7. The molecule has 0 unspecified atom stereocenters. The maximum atomic E-state index is 11.9. The topological polar surface area (TPSA) is 67.2 Å². The smallest absolute Gasteiger partial charge is 0.221 e. The number of thioether (sulfide) groups is 1. The molecule has 0 saturated carbocycles. The summed E-state index contributed by atoms with van der Waals surface area (Å²) in [6.45, 7) is 5.19. The van der Waals surface area contributed by atoms with Crippen LogP contribution in [0.3, 0.4) is 0 Å². The summed E-state index contributed by atoms with van der Waals surface area (Å²) >= 11 is 1.86. The number of amides is 1. The lowest BCUT2D eigenvalue weighted by Gasteiger charge is -2.31. The van der Waals surface area contributed by atoms with E-state index in [-0.39, 0.29) is 5.91 Å². The molecule has 1 aromatic heterocycles. The van der Waals surface area contributed by atoms with E-state index in [1.165, 1.54) is 0 Å². The molecule has 0 bridgehead atoms. The fourth-order valence-electron chi connectivity index (χ4n) is 2.51. The van der Waals surface area contributed by atoms with Gasteiger partial charge >= 0.3 is 0 Å². The lowest BCUT2D eigenvalue weighted by atomic mass is 9.97. The van der Waals surface area contributed by atoms with E-state index in [0.717, 1.165) is 30.2 Å². The number of carbonyl (C=O) groups is 1. The molecule has 1 amide bonds. The number of aryl methyl sites for hydroxylation is 1. The lowest BCUT2D eigenvalue weighted by Crippen LogP contribution is -2.45. The fraction of sp³-hybridized carbons (Fsp3) is 0.733. The number of carbonyl (C=O) groups excluding carboxylic acids is 1. The molecule has 0 spiro atoms. The van der Waals surface area contributed by atoms with Crippen LogP contribution in [0.4, 0.5) is 0 Å². The number of aromatic nitrogens is 2. The molecular formula is C15H25N3O2S. The fourth-order valence-corrected chi connectivity index (χ4v) is 3.76. The molecule has 21 heavy (non-hydrogen) atoms. The Hall–Kier alpha value is -1.01. The van der Waals surface area contributed by atoms with Crippen LogP contribution in [-0.2, 0) is 11.3 Å². The molecule has 1 aliphatic rings. The first-order chi connectivity index (χ1) is 10.0. The molecular weight excluding hydrogens is 286 g/mol. The molecule has 2 heterocycles. The van der Waals surface area contributed by atoms with Gasteiger partial charge < -0.3 is 15.0 Å². The van der Waals surface area contributed by atoms with Gasteiger partial charge in [-0.3, -0.25) is 4.79 Å². The minimum absolute atomic E-state index is 0.00921. The number of rotatable bonds is 6. The van der Waals surface area contributed by atoms with Gasteiger partial charge in [0.1, 0.15) is 5.82 Å². The van der Waals surface area contributed by atoms with Crippen LogP contribution in [0.1, 0.15) is 44.9 Å². The molecule has 6 heteroatoms. The number of aliphatic hydroxyl groups is 1. The van der Waals surface area contributed by atoms with E-state index in [9.17, 15) is 9.90 Å². The van der Waals surface area contributed by atoms with Crippen molar-refractivity contribution in [2.45, 2.75) is 51.2 Å². The van der Waals surface area contributed by atoms with Crippen LogP contribution < -0.4 is 5.32 Å². The number of nitrogens with zero attached hydrogens (tertiary/aromatic N) is 2. The Morgan fingerprint density at radius 2 is 2.24 bits per heavy atom. The normalized spacial score (nSPS) is 17.9. The molecule has 5 nitrogen and oxygen atoms in total. The number of hydrogen-bond acceptors (Lipinski definition) is 4. The van der Waals surface area contributed by atoms with E-state index < -0.39 is 5.60 Å². The quantitative estimate of drug-likeness (QED) is 0.840. The third kappa shape index (κ3) is 4.74. The molecule has 0 radical (unpaired) electrons. The Labute approximate surface area is 130 Å². The zero-order chi connectivity index (χ0) is 15.3. The van der Waals surface area contributed by atoms with Gasteiger partial charge in [-0.15, -0.1) is 0 Å². The summed E-state index contributed by atoms with van der Waals surface area (Å²) in [4.78, 5) is 16.3. The van der Waals surface area contributed by atoms with Gasteiger partial charge in [0.05, 0.1) is 5.60 Å². The molecule has 1 fully saturated rings. The molecule has 1 saturated heterocycles. The van der Waals surface area contributed by atoms with Gasteiger partial charge in [-0.05, 0) is 24.3 Å². The van der Waals surface area contributed by atoms with Crippen molar-refractivity contribution < 1.29 is 9.90 Å². The Kier molecular flexibility index (Phi) is 5.70. The van der Waals surface area contributed by atoms with Crippen molar-refractivity contribution in [3.8, 4) is 0 Å². The van der Waals surface area contributed by atoms with Crippen molar-refractivity contribution in [1.82, 2.24) is 14.9 Å². The van der Waals surface area contributed by atoms with Gasteiger partial charge in [0.2, 0.25) is 5.91 Å². The number of imidazole rings is 1. The summed E-state index contributed by atoms with van der Waals surface area (Å²) in [6, 6.07) is 0. The van der Waals surface area contributed by atoms with Gasteiger partial charge in [0.15, 0.2) is 0 Å². The first kappa shape index (κ1) is 16.4. The highest BCUT2D eigenvalue weighted by Gasteiger charge is 2.29. The average Bonchev–Trinajstić information content (AvgIpc) is 2.92. The first-order valence-corrected chi connectivity index (χ1v) is 8.73. The summed E-state index contributed by atoms with van der Waals surface area (Å²) in [7, 11) is 0. The molecule has 2 N–H and O–H groups in total. The van der Waals surface area contributed by atoms with Gasteiger partial charge in [-0.2, -0.15) is 11.8 Å². The minimum Gasteiger partial charge on any atom is -0.388 e. The largest absolute Gasteiger partial charge is 0.388 e. The highest BCUT2D eigenvalue weighted by Crippen LogP contribution is 2.26. The predicted octanol–water partition coefficient (Wildman–Crippen LogP) is 1.77. The maximum Gasteiger partial charge on any atom is 0.221 e. The highest BCUT2D eigenvalue weighted by atomic mass is 32.2. The van der Waals surface area contributed by atoms with Gasteiger partial charge in [-0.25, -0.2) is 4.98 Å². The second-order valence-corrected chi connectivity index (χ2v) is 7.22. The van der Waals surface area contributed by atoms with Crippen LogP contribution in [0.5, 0.6) is 0 Å². The monoisotopic (exact) mass is 311 g/mol. The Bertz CT molecular complexity index is 467. The van der Waals surface area contributed by atoms with Crippen LogP contribution in [-0.4, -0.2) is 44.2 Å². The standard InChI is InChI=1S/C15H25N3O2S/c1-12(2)14-16-6-8-18(14)7-3-13(19)17-11-15(20)4-9-21-10-5-15/h6,8,12,20H,3-5,7,9-11H2,1-2H3,(H,17,19). The third-order valence-corrected chi connectivity index (χ3v) is 4.87. The van der Waals surface area contributed by atoms with E-state index in [2.05, 4.69) is 24.1 Å². The summed E-state index contributed by atoms with van der Waals surface area (Å²) in [6.07, 6.45) is 5.62. The van der Waals surface area contributed by atoms with Gasteiger partial charge in [0.25, 0.3) is 0 Å². The summed E-state index contributed by atoms with van der Waals surface area (Å²) < 4.78 is 2.02. The van der Waals surface area contributed by atoms with Crippen molar-refractivity contribution in [1.29, 1.82) is 0 Å². The van der Waals surface area contributed by atoms with Gasteiger partial charge in [-0.1, -0.05) is 13.8 Å². The van der Waals surface area contributed by atoms with E-state index in [4.69, 9.17) is 0 Å². The van der Waals surface area contributed by atoms with Crippen molar-refractivity contribution >= 4 is 17.7 Å². The van der Waals surface area contributed by atoms with Crippen molar-refractivity contribution in [3.63, 3.8) is 0 Å². The minimum atomic E-state index is -0.709. The lowest BCUT2D eigenvalue weighted by molar-refractivity contribution is -0.122. The van der Waals surface area contributed by atoms with E-state index in [0.29, 0.717) is 25.4 Å². The van der Waals surface area contributed by atoms with Crippen molar-refractivity contribution in [2.75, 3.05) is 18.1 Å². The summed E-state index contributed by atoms with van der Waals surface area (Å²) in [5.41, 5.74) is -0.709. The Morgan fingerprint density at radius 3 is 2.90 bits per heavy atom. The Balaban J connectivity index is 1.76. The molecule has 118 valence electrons. The van der Waals surface area contributed by atoms with Crippen molar-refractivity contribution in [3.05, 3.63) is 18.2 Å². The van der Waals surface area contributed by atoms with Crippen LogP contribution in [0.2, 0.25) is 0 Å². The second kappa shape index (κ2) is 7.31. The molecule has 0 aromatic carbocycles. The molecule has 1 aromatic rings. The van der Waals surface area contributed by atoms with Crippen LogP contribution in [0, 0.1) is 0 Å². The van der Waals surface area contributed by atoms with E-state index >= 15 is 0 Å².